The second kappa shape index (κ2) is 6.80. The third-order valence-electron chi connectivity index (χ3n) is 4.19. The van der Waals surface area contributed by atoms with Crippen molar-refractivity contribution in [2.45, 2.75) is 0 Å². The maximum Gasteiger partial charge on any atom is 0.349 e. The van der Waals surface area contributed by atoms with Crippen molar-refractivity contribution in [2.75, 3.05) is 0 Å². The molecule has 2 aromatic carbocycles. The Morgan fingerprint density at radius 1 is 1.04 bits per heavy atom. The number of non-ortho nitro benzene ring substituents is 1. The zero-order chi connectivity index (χ0) is 19.7. The number of para-hydroxylation sites is 1. The van der Waals surface area contributed by atoms with Crippen molar-refractivity contribution in [3.63, 3.8) is 0 Å². The van der Waals surface area contributed by atoms with Crippen LogP contribution in [0.2, 0.25) is 0 Å². The van der Waals surface area contributed by atoms with Crippen molar-refractivity contribution in [3.05, 3.63) is 104 Å². The molecule has 0 unspecified atom stereocenters. The first-order chi connectivity index (χ1) is 13.5. The topological polar surface area (TPSA) is 115 Å². The Morgan fingerprint density at radius 2 is 1.86 bits per heavy atom. The number of fused-ring (bicyclic) bond motifs is 1. The van der Waals surface area contributed by atoms with E-state index in [0.29, 0.717) is 22.3 Å². The molecule has 9 nitrogen and oxygen atoms in total. The van der Waals surface area contributed by atoms with E-state index < -0.39 is 16.2 Å². The Kier molecular flexibility index (Phi) is 4.17. The third-order valence-corrected chi connectivity index (χ3v) is 4.19. The average molecular weight is 375 g/mol. The minimum atomic E-state index is -0.659. The number of rotatable bonds is 4. The molecule has 0 saturated carbocycles. The molecule has 9 heteroatoms. The first-order valence-electron chi connectivity index (χ1n) is 8.25. The van der Waals surface area contributed by atoms with E-state index in [9.17, 15) is 19.7 Å². The van der Waals surface area contributed by atoms with Gasteiger partial charge in [0.05, 0.1) is 33.4 Å². The molecule has 0 amide bonds. The van der Waals surface area contributed by atoms with E-state index in [0.717, 1.165) is 4.68 Å². The predicted molar refractivity (Wildman–Crippen MR) is 104 cm³/mol. The van der Waals surface area contributed by atoms with Crippen LogP contribution in [-0.4, -0.2) is 25.4 Å². The van der Waals surface area contributed by atoms with Crippen molar-refractivity contribution in [2.24, 2.45) is 5.10 Å². The number of aromatic amines is 1. The van der Waals surface area contributed by atoms with Crippen molar-refractivity contribution >= 4 is 22.8 Å². The lowest BCUT2D eigenvalue weighted by Gasteiger charge is -2.06. The third kappa shape index (κ3) is 3.01. The minimum absolute atomic E-state index is 0.0451. The normalized spacial score (nSPS) is 11.3. The fraction of sp³-hybridized carbons (Fsp3) is 0. The van der Waals surface area contributed by atoms with Gasteiger partial charge in [0, 0.05) is 18.3 Å². The number of aromatic nitrogens is 3. The van der Waals surface area contributed by atoms with Gasteiger partial charge in [0.15, 0.2) is 0 Å². The first-order valence-corrected chi connectivity index (χ1v) is 8.25. The van der Waals surface area contributed by atoms with E-state index in [2.05, 4.69) is 10.1 Å². The molecule has 138 valence electrons. The minimum Gasteiger partial charge on any atom is -0.315 e. The average Bonchev–Trinajstić information content (AvgIpc) is 3.16. The largest absolute Gasteiger partial charge is 0.349 e. The van der Waals surface area contributed by atoms with E-state index in [1.54, 1.807) is 59.3 Å². The molecule has 0 spiro atoms. The van der Waals surface area contributed by atoms with Gasteiger partial charge in [-0.3, -0.25) is 14.9 Å². The number of nitro benzene ring substituents is 1. The van der Waals surface area contributed by atoms with E-state index in [1.165, 1.54) is 18.3 Å². The zero-order valence-corrected chi connectivity index (χ0v) is 14.4. The molecule has 2 heterocycles. The molecular formula is C19H13N5O4. The second-order valence-corrected chi connectivity index (χ2v) is 5.92. The SMILES string of the molecule is O=c1[nH]c2ccccc2c(=O)n1N=Cc1cccn1-c1cccc([N+](=O)[O-])c1. The van der Waals surface area contributed by atoms with Crippen molar-refractivity contribution in [1.82, 2.24) is 14.2 Å². The van der Waals surface area contributed by atoms with Gasteiger partial charge in [-0.05, 0) is 30.3 Å². The van der Waals surface area contributed by atoms with Gasteiger partial charge in [-0.1, -0.05) is 18.2 Å². The molecular weight excluding hydrogens is 362 g/mol. The summed E-state index contributed by atoms with van der Waals surface area (Å²) in [7, 11) is 0. The quantitative estimate of drug-likeness (QED) is 0.335. The fourth-order valence-electron chi connectivity index (χ4n) is 2.87. The number of nitro groups is 1. The second-order valence-electron chi connectivity index (χ2n) is 5.92. The highest BCUT2D eigenvalue weighted by Crippen LogP contribution is 2.18. The van der Waals surface area contributed by atoms with E-state index in [4.69, 9.17) is 0 Å². The monoisotopic (exact) mass is 375 g/mol. The van der Waals surface area contributed by atoms with Gasteiger partial charge in [0.25, 0.3) is 11.2 Å². The number of hydrogen-bond acceptors (Lipinski definition) is 5. The Labute approximate surface area is 157 Å². The molecule has 0 bridgehead atoms. The van der Waals surface area contributed by atoms with Crippen LogP contribution in [0, 0.1) is 10.1 Å². The highest BCUT2D eigenvalue weighted by molar-refractivity contribution is 5.79. The summed E-state index contributed by atoms with van der Waals surface area (Å²) < 4.78 is 2.41. The van der Waals surface area contributed by atoms with Crippen LogP contribution in [0.5, 0.6) is 0 Å². The van der Waals surface area contributed by atoms with Gasteiger partial charge in [0.2, 0.25) is 0 Å². The number of hydrogen-bond donors (Lipinski definition) is 1. The molecule has 1 N–H and O–H groups in total. The van der Waals surface area contributed by atoms with Crippen LogP contribution in [0.1, 0.15) is 5.69 Å². The van der Waals surface area contributed by atoms with Gasteiger partial charge in [0.1, 0.15) is 0 Å². The molecule has 0 atom stereocenters. The van der Waals surface area contributed by atoms with Gasteiger partial charge in [-0.2, -0.15) is 5.10 Å². The summed E-state index contributed by atoms with van der Waals surface area (Å²) in [6, 6.07) is 16.2. The van der Waals surface area contributed by atoms with Crippen LogP contribution < -0.4 is 11.2 Å². The molecule has 2 aromatic heterocycles. The summed E-state index contributed by atoms with van der Waals surface area (Å²) in [5.41, 5.74) is 0.290. The lowest BCUT2D eigenvalue weighted by atomic mass is 10.2. The Bertz CT molecular complexity index is 1350. The lowest BCUT2D eigenvalue weighted by molar-refractivity contribution is -0.384. The molecule has 0 aliphatic rings. The summed E-state index contributed by atoms with van der Waals surface area (Å²) in [5, 5.41) is 15.4. The number of nitrogens with zero attached hydrogens (tertiary/aromatic N) is 4. The van der Waals surface area contributed by atoms with Gasteiger partial charge in [-0.15, -0.1) is 4.68 Å². The van der Waals surface area contributed by atoms with Crippen LogP contribution in [0.25, 0.3) is 16.6 Å². The lowest BCUT2D eigenvalue weighted by Crippen LogP contribution is -2.32. The van der Waals surface area contributed by atoms with Gasteiger partial charge < -0.3 is 9.55 Å². The molecule has 0 fully saturated rings. The summed E-state index contributed by atoms with van der Waals surface area (Å²) >= 11 is 0. The molecule has 0 saturated heterocycles. The number of benzene rings is 2. The van der Waals surface area contributed by atoms with Crippen molar-refractivity contribution in [1.29, 1.82) is 0 Å². The maximum atomic E-state index is 12.5. The van der Waals surface area contributed by atoms with Crippen LogP contribution in [-0.2, 0) is 0 Å². The Balaban J connectivity index is 1.77. The highest BCUT2D eigenvalue weighted by Gasteiger charge is 2.09. The predicted octanol–water partition coefficient (Wildman–Crippen LogP) is 2.27. The molecule has 28 heavy (non-hydrogen) atoms. The molecule has 4 aromatic rings. The van der Waals surface area contributed by atoms with Crippen molar-refractivity contribution < 1.29 is 4.92 Å². The van der Waals surface area contributed by atoms with Crippen LogP contribution in [0.4, 0.5) is 5.69 Å². The fourth-order valence-corrected chi connectivity index (χ4v) is 2.87. The van der Waals surface area contributed by atoms with E-state index in [1.807, 2.05) is 0 Å². The zero-order valence-electron chi connectivity index (χ0n) is 14.4. The van der Waals surface area contributed by atoms with E-state index >= 15 is 0 Å². The summed E-state index contributed by atoms with van der Waals surface area (Å²) in [5.74, 6) is 0. The smallest absolute Gasteiger partial charge is 0.315 e. The van der Waals surface area contributed by atoms with Crippen LogP contribution in [0.3, 0.4) is 0 Å². The Hall–Kier alpha value is -4.27. The molecule has 0 aliphatic carbocycles. The molecule has 0 radical (unpaired) electrons. The molecule has 4 rings (SSSR count). The molecule has 0 aliphatic heterocycles. The van der Waals surface area contributed by atoms with Gasteiger partial charge in [-0.25, -0.2) is 4.79 Å². The standard InChI is InChI=1S/C19H13N5O4/c25-18-16-8-1-2-9-17(16)21-19(26)23(18)20-12-15-7-4-10-22(15)13-5-3-6-14(11-13)24(27)28/h1-12H,(H,21,26). The van der Waals surface area contributed by atoms with Gasteiger partial charge >= 0.3 is 5.69 Å². The van der Waals surface area contributed by atoms with Crippen molar-refractivity contribution in [3.8, 4) is 5.69 Å². The Morgan fingerprint density at radius 3 is 2.68 bits per heavy atom. The number of nitrogens with one attached hydrogen (secondary N) is 1. The van der Waals surface area contributed by atoms with E-state index in [-0.39, 0.29) is 5.69 Å². The maximum absolute atomic E-state index is 12.5. The highest BCUT2D eigenvalue weighted by atomic mass is 16.6. The first kappa shape index (κ1) is 17.2. The van der Waals surface area contributed by atoms with Crippen LogP contribution >= 0.6 is 0 Å². The summed E-state index contributed by atoms with van der Waals surface area (Å²) in [4.78, 5) is 37.9. The number of H-pyrrole nitrogens is 1. The summed E-state index contributed by atoms with van der Waals surface area (Å²) in [6.45, 7) is 0. The van der Waals surface area contributed by atoms with Crippen LogP contribution in [0.15, 0.2) is 81.6 Å². The summed E-state index contributed by atoms with van der Waals surface area (Å²) in [6.07, 6.45) is 3.05.